The van der Waals surface area contributed by atoms with Gasteiger partial charge in [-0.3, -0.25) is 4.90 Å². The number of hydrogen-bond donors (Lipinski definition) is 1. The predicted molar refractivity (Wildman–Crippen MR) is 88.0 cm³/mol. The molecule has 2 fully saturated rings. The van der Waals surface area contributed by atoms with Crippen molar-refractivity contribution in [2.45, 2.75) is 85.4 Å². The molecule has 1 heterocycles. The van der Waals surface area contributed by atoms with Gasteiger partial charge in [0.05, 0.1) is 0 Å². The number of nitrogens with one attached hydrogen (secondary N) is 1. The molecule has 0 aromatic rings. The zero-order valence-electron chi connectivity index (χ0n) is 14.6. The molecule has 4 atom stereocenters. The van der Waals surface area contributed by atoms with E-state index in [1.54, 1.807) is 0 Å². The molecular weight excluding hydrogens is 244 g/mol. The van der Waals surface area contributed by atoms with Crippen molar-refractivity contribution in [1.82, 2.24) is 10.2 Å². The summed E-state index contributed by atoms with van der Waals surface area (Å²) >= 11 is 0. The second-order valence-electron chi connectivity index (χ2n) is 8.63. The Bertz CT molecular complexity index is 305. The maximum absolute atomic E-state index is 3.78. The Morgan fingerprint density at radius 2 is 1.75 bits per heavy atom. The van der Waals surface area contributed by atoms with Gasteiger partial charge in [-0.05, 0) is 37.0 Å². The van der Waals surface area contributed by atoms with Crippen molar-refractivity contribution in [3.63, 3.8) is 0 Å². The van der Waals surface area contributed by atoms with Crippen LogP contribution in [0.4, 0.5) is 0 Å². The van der Waals surface area contributed by atoms with Gasteiger partial charge in [0.15, 0.2) is 0 Å². The van der Waals surface area contributed by atoms with Crippen LogP contribution < -0.4 is 5.32 Å². The van der Waals surface area contributed by atoms with Crippen molar-refractivity contribution in [2.24, 2.45) is 17.3 Å². The summed E-state index contributed by atoms with van der Waals surface area (Å²) in [6.07, 6.45) is 5.75. The third kappa shape index (κ3) is 3.57. The Hall–Kier alpha value is -0.0800. The molecule has 2 heteroatoms. The predicted octanol–water partition coefficient (Wildman–Crippen LogP) is 3.91. The highest BCUT2D eigenvalue weighted by atomic mass is 15.3. The molecule has 118 valence electrons. The SMILES string of the molecule is CC(C)C1CCCCC1N1CC(C(C)(C)C)NCC1C. The Balaban J connectivity index is 2.11. The minimum Gasteiger partial charge on any atom is -0.311 e. The molecular formula is C18H36N2. The third-order valence-electron chi connectivity index (χ3n) is 5.73. The van der Waals surface area contributed by atoms with E-state index in [0.717, 1.165) is 24.4 Å². The molecule has 0 radical (unpaired) electrons. The molecule has 1 aliphatic heterocycles. The first-order valence-electron chi connectivity index (χ1n) is 8.80. The van der Waals surface area contributed by atoms with Gasteiger partial charge in [-0.1, -0.05) is 47.5 Å². The van der Waals surface area contributed by atoms with Crippen LogP contribution in [0.25, 0.3) is 0 Å². The van der Waals surface area contributed by atoms with Crippen molar-refractivity contribution in [3.8, 4) is 0 Å². The fraction of sp³-hybridized carbons (Fsp3) is 1.00. The summed E-state index contributed by atoms with van der Waals surface area (Å²) in [6.45, 7) is 16.8. The smallest absolute Gasteiger partial charge is 0.0244 e. The van der Waals surface area contributed by atoms with Gasteiger partial charge in [0.2, 0.25) is 0 Å². The Labute approximate surface area is 126 Å². The summed E-state index contributed by atoms with van der Waals surface area (Å²) in [5.41, 5.74) is 0.361. The highest BCUT2D eigenvalue weighted by molar-refractivity contribution is 4.96. The van der Waals surface area contributed by atoms with E-state index in [4.69, 9.17) is 0 Å². The fourth-order valence-electron chi connectivity index (χ4n) is 4.26. The van der Waals surface area contributed by atoms with Crippen molar-refractivity contribution in [3.05, 3.63) is 0 Å². The molecule has 2 rings (SSSR count). The molecule has 0 bridgehead atoms. The topological polar surface area (TPSA) is 15.3 Å². The summed E-state index contributed by atoms with van der Waals surface area (Å²) in [5.74, 6) is 1.74. The van der Waals surface area contributed by atoms with E-state index < -0.39 is 0 Å². The summed E-state index contributed by atoms with van der Waals surface area (Å²) in [6, 6.07) is 2.15. The molecule has 2 nitrogen and oxygen atoms in total. The van der Waals surface area contributed by atoms with Crippen LogP contribution in [0.3, 0.4) is 0 Å². The molecule has 2 aliphatic rings. The van der Waals surface area contributed by atoms with Gasteiger partial charge in [0.25, 0.3) is 0 Å². The van der Waals surface area contributed by atoms with Crippen molar-refractivity contribution < 1.29 is 0 Å². The van der Waals surface area contributed by atoms with Crippen LogP contribution >= 0.6 is 0 Å². The van der Waals surface area contributed by atoms with Crippen LogP contribution in [0.5, 0.6) is 0 Å². The van der Waals surface area contributed by atoms with E-state index in [-0.39, 0.29) is 0 Å². The van der Waals surface area contributed by atoms with Crippen LogP contribution in [0.1, 0.15) is 67.2 Å². The lowest BCUT2D eigenvalue weighted by atomic mass is 9.75. The first kappa shape index (κ1) is 16.3. The lowest BCUT2D eigenvalue weighted by Crippen LogP contribution is -2.63. The molecule has 0 spiro atoms. The number of hydrogen-bond acceptors (Lipinski definition) is 2. The second kappa shape index (κ2) is 6.36. The largest absolute Gasteiger partial charge is 0.311 e. The molecule has 4 unspecified atom stereocenters. The molecule has 1 saturated heterocycles. The first-order valence-corrected chi connectivity index (χ1v) is 8.80. The summed E-state index contributed by atoms with van der Waals surface area (Å²) in [4.78, 5) is 2.86. The highest BCUT2D eigenvalue weighted by Gasteiger charge is 2.39. The molecule has 1 saturated carbocycles. The normalized spacial score (nSPS) is 37.4. The lowest BCUT2D eigenvalue weighted by molar-refractivity contribution is 0.00495. The van der Waals surface area contributed by atoms with Crippen LogP contribution in [-0.2, 0) is 0 Å². The van der Waals surface area contributed by atoms with Crippen LogP contribution in [0, 0.1) is 17.3 Å². The van der Waals surface area contributed by atoms with Gasteiger partial charge >= 0.3 is 0 Å². The van der Waals surface area contributed by atoms with Gasteiger partial charge in [-0.15, -0.1) is 0 Å². The van der Waals surface area contributed by atoms with Gasteiger partial charge < -0.3 is 5.32 Å². The van der Waals surface area contributed by atoms with E-state index in [0.29, 0.717) is 17.5 Å². The Kier molecular flexibility index (Phi) is 5.18. The molecule has 20 heavy (non-hydrogen) atoms. The zero-order valence-corrected chi connectivity index (χ0v) is 14.6. The molecule has 0 aromatic heterocycles. The maximum atomic E-state index is 3.78. The quantitative estimate of drug-likeness (QED) is 0.825. The van der Waals surface area contributed by atoms with Gasteiger partial charge in [-0.2, -0.15) is 0 Å². The molecule has 1 N–H and O–H groups in total. The Morgan fingerprint density at radius 3 is 2.35 bits per heavy atom. The fourth-order valence-corrected chi connectivity index (χ4v) is 4.26. The average molecular weight is 280 g/mol. The Morgan fingerprint density at radius 1 is 1.10 bits per heavy atom. The van der Waals surface area contributed by atoms with E-state index >= 15 is 0 Å². The minimum atomic E-state index is 0.361. The maximum Gasteiger partial charge on any atom is 0.0244 e. The monoisotopic (exact) mass is 280 g/mol. The number of nitrogens with zero attached hydrogens (tertiary/aromatic N) is 1. The van der Waals surface area contributed by atoms with E-state index in [1.165, 1.54) is 32.2 Å². The lowest BCUT2D eigenvalue weighted by Gasteiger charge is -2.51. The molecule has 0 aromatic carbocycles. The summed E-state index contributed by atoms with van der Waals surface area (Å²) < 4.78 is 0. The second-order valence-corrected chi connectivity index (χ2v) is 8.63. The summed E-state index contributed by atoms with van der Waals surface area (Å²) in [7, 11) is 0. The number of rotatable bonds is 2. The average Bonchev–Trinajstić information content (AvgIpc) is 2.38. The van der Waals surface area contributed by atoms with Crippen molar-refractivity contribution >= 4 is 0 Å². The molecule has 0 amide bonds. The van der Waals surface area contributed by atoms with E-state index in [9.17, 15) is 0 Å². The van der Waals surface area contributed by atoms with Gasteiger partial charge in [-0.25, -0.2) is 0 Å². The van der Waals surface area contributed by atoms with Crippen molar-refractivity contribution in [1.29, 1.82) is 0 Å². The first-order chi connectivity index (χ1) is 9.30. The van der Waals surface area contributed by atoms with Crippen LogP contribution in [0.2, 0.25) is 0 Å². The zero-order chi connectivity index (χ0) is 14.9. The standard InChI is InChI=1S/C18H36N2/c1-13(2)15-9-7-8-10-16(15)20-12-17(18(4,5)6)19-11-14(20)3/h13-17,19H,7-12H2,1-6H3. The molecule has 1 aliphatic carbocycles. The van der Waals surface area contributed by atoms with E-state index in [1.807, 2.05) is 0 Å². The van der Waals surface area contributed by atoms with Crippen LogP contribution in [0.15, 0.2) is 0 Å². The van der Waals surface area contributed by atoms with Gasteiger partial charge in [0, 0.05) is 31.2 Å². The van der Waals surface area contributed by atoms with E-state index in [2.05, 4.69) is 51.8 Å². The minimum absolute atomic E-state index is 0.361. The summed E-state index contributed by atoms with van der Waals surface area (Å²) in [5, 5.41) is 3.78. The van der Waals surface area contributed by atoms with Crippen LogP contribution in [-0.4, -0.2) is 36.1 Å². The van der Waals surface area contributed by atoms with Crippen molar-refractivity contribution in [2.75, 3.05) is 13.1 Å². The number of piperazine rings is 1. The highest BCUT2D eigenvalue weighted by Crippen LogP contribution is 2.36. The van der Waals surface area contributed by atoms with Gasteiger partial charge in [0.1, 0.15) is 0 Å². The third-order valence-corrected chi connectivity index (χ3v) is 5.73.